The minimum atomic E-state index is -0.933. The lowest BCUT2D eigenvalue weighted by Crippen LogP contribution is -2.50. The highest BCUT2D eigenvalue weighted by Crippen LogP contribution is 2.12. The number of hydrogen-bond acceptors (Lipinski definition) is 8. The zero-order chi connectivity index (χ0) is 29.5. The number of Topliss-reactive ketones (excluding diaryl/α,β-unsaturated/α-hetero) is 2. The van der Waals surface area contributed by atoms with Crippen molar-refractivity contribution in [3.05, 3.63) is 59.7 Å². The van der Waals surface area contributed by atoms with Crippen LogP contribution in [0.25, 0.3) is 0 Å². The molecule has 0 radical (unpaired) electrons. The summed E-state index contributed by atoms with van der Waals surface area (Å²) >= 11 is 0. The number of pyridine rings is 1. The molecule has 3 amide bonds. The van der Waals surface area contributed by atoms with Gasteiger partial charge in [-0.2, -0.15) is 4.39 Å². The van der Waals surface area contributed by atoms with Crippen LogP contribution >= 0.6 is 0 Å². The van der Waals surface area contributed by atoms with Gasteiger partial charge in [-0.25, -0.2) is 9.78 Å². The van der Waals surface area contributed by atoms with Crippen molar-refractivity contribution < 1.29 is 37.8 Å². The van der Waals surface area contributed by atoms with Crippen molar-refractivity contribution in [2.45, 2.75) is 64.6 Å². The predicted molar refractivity (Wildman–Crippen MR) is 143 cm³/mol. The second-order valence-electron chi connectivity index (χ2n) is 9.11. The van der Waals surface area contributed by atoms with Gasteiger partial charge >= 0.3 is 12.0 Å². The lowest BCUT2D eigenvalue weighted by atomic mass is 10.1. The predicted octanol–water partition coefficient (Wildman–Crippen LogP) is 2.87. The van der Waals surface area contributed by atoms with E-state index >= 15 is 0 Å². The number of esters is 1. The third kappa shape index (κ3) is 11.6. The van der Waals surface area contributed by atoms with Crippen molar-refractivity contribution in [3.8, 4) is 5.75 Å². The van der Waals surface area contributed by atoms with E-state index in [1.807, 2.05) is 0 Å². The Balaban J connectivity index is 1.72. The van der Waals surface area contributed by atoms with E-state index in [4.69, 9.17) is 9.47 Å². The summed E-state index contributed by atoms with van der Waals surface area (Å²) in [6.45, 7) is 3.02. The van der Waals surface area contributed by atoms with Gasteiger partial charge in [0, 0.05) is 19.2 Å². The van der Waals surface area contributed by atoms with Gasteiger partial charge in [0.1, 0.15) is 12.4 Å². The number of benzene rings is 1. The maximum Gasteiger partial charge on any atom is 0.315 e. The molecule has 1 heterocycles. The average molecular weight is 558 g/mol. The summed E-state index contributed by atoms with van der Waals surface area (Å²) in [5.41, 5.74) is 1.00. The summed E-state index contributed by atoms with van der Waals surface area (Å²) in [5, 5.41) is 7.77. The summed E-state index contributed by atoms with van der Waals surface area (Å²) in [5.74, 6) is -1.52. The lowest BCUT2D eigenvalue weighted by Gasteiger charge is -2.20. The van der Waals surface area contributed by atoms with Crippen molar-refractivity contribution >= 4 is 29.5 Å². The number of nitrogens with one attached hydrogen (secondary N) is 3. The summed E-state index contributed by atoms with van der Waals surface area (Å²) in [6.07, 6.45) is 2.46. The smallest absolute Gasteiger partial charge is 0.315 e. The van der Waals surface area contributed by atoms with Crippen LogP contribution < -0.4 is 20.7 Å². The zero-order valence-corrected chi connectivity index (χ0v) is 22.8. The van der Waals surface area contributed by atoms with Crippen molar-refractivity contribution in [2.75, 3.05) is 13.7 Å². The van der Waals surface area contributed by atoms with Crippen LogP contribution in [-0.2, 0) is 25.7 Å². The molecule has 0 saturated carbocycles. The number of carbonyl (C=O) groups is 5. The van der Waals surface area contributed by atoms with Crippen molar-refractivity contribution in [1.82, 2.24) is 20.9 Å². The maximum absolute atomic E-state index is 12.9. The summed E-state index contributed by atoms with van der Waals surface area (Å²) in [6, 6.07) is 7.02. The number of ether oxygens (including phenoxy) is 2. The van der Waals surface area contributed by atoms with E-state index in [0.29, 0.717) is 31.6 Å². The minimum absolute atomic E-state index is 0.0399. The van der Waals surface area contributed by atoms with Gasteiger partial charge < -0.3 is 25.4 Å². The van der Waals surface area contributed by atoms with Crippen LogP contribution in [-0.4, -0.2) is 60.2 Å². The number of nitrogens with zero attached hydrogens (tertiary/aromatic N) is 1. The number of aromatic nitrogens is 1. The Morgan fingerprint density at radius 2 is 1.55 bits per heavy atom. The van der Waals surface area contributed by atoms with Crippen molar-refractivity contribution in [2.24, 2.45) is 0 Å². The van der Waals surface area contributed by atoms with Gasteiger partial charge in [-0.3, -0.25) is 19.2 Å². The third-order valence-electron chi connectivity index (χ3n) is 5.98. The molecule has 0 aliphatic carbocycles. The topological polar surface area (TPSA) is 153 Å². The minimum Gasteiger partial charge on any atom is -0.497 e. The van der Waals surface area contributed by atoms with Crippen molar-refractivity contribution in [3.63, 3.8) is 0 Å². The molecule has 0 bridgehead atoms. The van der Waals surface area contributed by atoms with E-state index < -0.39 is 35.9 Å². The molecular formula is C28H35FN4O7. The van der Waals surface area contributed by atoms with E-state index in [9.17, 15) is 28.4 Å². The molecule has 0 saturated heterocycles. The molecule has 2 atom stereocenters. The van der Waals surface area contributed by atoms with E-state index in [1.54, 1.807) is 31.4 Å². The molecule has 0 aliphatic rings. The molecular weight excluding hydrogens is 522 g/mol. The SMILES string of the molecule is COc1ccc(COC(=O)CCC(NC(=O)NC(CCCCNC(=O)c2ccc([18F])nc2)C(C)=O)C(C)=O)cc1. The van der Waals surface area contributed by atoms with Crippen LogP contribution in [0.5, 0.6) is 5.75 Å². The zero-order valence-electron chi connectivity index (χ0n) is 22.8. The molecule has 12 heteroatoms. The number of amides is 3. The summed E-state index contributed by atoms with van der Waals surface area (Å²) in [7, 11) is 1.55. The standard InChI is InChI=1S/C28H35FN4O7/c1-18(34)23(6-4-5-15-30-27(37)21-9-13-25(29)31-16-21)32-28(38)33-24(19(2)35)12-14-26(36)40-17-20-7-10-22(39-3)11-8-20/h7-11,13,16,23-24H,4-6,12,14-15,17H2,1-3H3,(H,30,37)(H2,32,33,38)/i29-1. The van der Waals surface area contributed by atoms with Gasteiger partial charge in [0.05, 0.1) is 24.8 Å². The Labute approximate surface area is 232 Å². The second-order valence-corrected chi connectivity index (χ2v) is 9.11. The Morgan fingerprint density at radius 3 is 2.12 bits per heavy atom. The molecule has 216 valence electrons. The maximum atomic E-state index is 12.9. The van der Waals surface area contributed by atoms with Gasteiger partial charge in [0.15, 0.2) is 11.6 Å². The summed E-state index contributed by atoms with van der Waals surface area (Å²) in [4.78, 5) is 64.2. The molecule has 3 N–H and O–H groups in total. The fourth-order valence-corrected chi connectivity index (χ4v) is 3.62. The van der Waals surface area contributed by atoms with Gasteiger partial charge in [-0.05, 0) is 69.4 Å². The number of methoxy groups -OCH3 is 1. The fraction of sp³-hybridized carbons (Fsp3) is 0.429. The van der Waals surface area contributed by atoms with Crippen LogP contribution in [0.2, 0.25) is 0 Å². The number of carbonyl (C=O) groups excluding carboxylic acids is 5. The highest BCUT2D eigenvalue weighted by Gasteiger charge is 2.22. The Hall–Kier alpha value is -4.35. The number of urea groups is 1. The molecule has 0 spiro atoms. The van der Waals surface area contributed by atoms with E-state index in [0.717, 1.165) is 17.8 Å². The molecule has 40 heavy (non-hydrogen) atoms. The lowest BCUT2D eigenvalue weighted by molar-refractivity contribution is -0.145. The first-order chi connectivity index (χ1) is 19.1. The van der Waals surface area contributed by atoms with Crippen LogP contribution in [0.4, 0.5) is 9.18 Å². The van der Waals surface area contributed by atoms with Crippen LogP contribution in [0.1, 0.15) is 61.9 Å². The molecule has 2 aromatic rings. The van der Waals surface area contributed by atoms with E-state index in [1.165, 1.54) is 19.9 Å². The first-order valence-electron chi connectivity index (χ1n) is 12.8. The van der Waals surface area contributed by atoms with Crippen molar-refractivity contribution in [1.29, 1.82) is 0 Å². The monoisotopic (exact) mass is 557 g/mol. The van der Waals surface area contributed by atoms with Gasteiger partial charge in [-0.1, -0.05) is 12.1 Å². The highest BCUT2D eigenvalue weighted by molar-refractivity contribution is 5.93. The first kappa shape index (κ1) is 31.9. The van der Waals surface area contributed by atoms with E-state index in [2.05, 4.69) is 20.9 Å². The molecule has 0 fully saturated rings. The number of hydrogen-bond donors (Lipinski definition) is 3. The largest absolute Gasteiger partial charge is 0.497 e. The van der Waals surface area contributed by atoms with E-state index in [-0.39, 0.29) is 36.6 Å². The van der Waals surface area contributed by atoms with Gasteiger partial charge in [0.25, 0.3) is 5.91 Å². The molecule has 1 aromatic carbocycles. The Kier molecular flexibility index (Phi) is 13.2. The molecule has 11 nitrogen and oxygen atoms in total. The normalized spacial score (nSPS) is 12.0. The second kappa shape index (κ2) is 16.6. The highest BCUT2D eigenvalue weighted by atomic mass is 18.2. The number of ketones is 2. The Morgan fingerprint density at radius 1 is 0.900 bits per heavy atom. The van der Waals surface area contributed by atoms with Gasteiger partial charge in [0.2, 0.25) is 5.95 Å². The number of rotatable bonds is 16. The molecule has 0 aliphatic heterocycles. The number of unbranched alkanes of at least 4 members (excludes halogenated alkanes) is 1. The molecule has 1 aromatic heterocycles. The van der Waals surface area contributed by atoms with Crippen LogP contribution in [0, 0.1) is 5.95 Å². The average Bonchev–Trinajstić information content (AvgIpc) is 2.93. The molecule has 2 unspecified atom stereocenters. The molecule has 2 rings (SSSR count). The van der Waals surface area contributed by atoms with Crippen LogP contribution in [0.15, 0.2) is 42.6 Å². The fourth-order valence-electron chi connectivity index (χ4n) is 3.62. The van der Waals surface area contributed by atoms with Gasteiger partial charge in [-0.15, -0.1) is 0 Å². The third-order valence-corrected chi connectivity index (χ3v) is 5.98. The summed E-state index contributed by atoms with van der Waals surface area (Å²) < 4.78 is 23.2. The Bertz CT molecular complexity index is 1160. The quantitative estimate of drug-likeness (QED) is 0.162. The van der Waals surface area contributed by atoms with Crippen LogP contribution in [0.3, 0.4) is 0 Å². The number of halogens is 1. The first-order valence-corrected chi connectivity index (χ1v) is 12.8.